The molecule has 3 nitrogen and oxygen atoms in total. The number of hydrogen-bond acceptors (Lipinski definition) is 4. The molecule has 0 saturated carbocycles. The monoisotopic (exact) mass is 228 g/mol. The van der Waals surface area contributed by atoms with E-state index in [4.69, 9.17) is 10.2 Å². The van der Waals surface area contributed by atoms with Gasteiger partial charge in [0.2, 0.25) is 0 Å². The quantitative estimate of drug-likeness (QED) is 0.571. The molecule has 0 aliphatic heterocycles. The standard InChI is InChI=1S/C4H8OS.2CH2OS/c1-2-3-5-4-6;2*2-1-3/h4H,2-3H2,1H3;2*1H,(H,2,3). The summed E-state index contributed by atoms with van der Waals surface area (Å²) in [5.41, 5.74) is 2.46. The van der Waals surface area contributed by atoms with Crippen LogP contribution in [0.2, 0.25) is 0 Å². The fourth-order valence-electron chi connectivity index (χ4n) is 0.166. The molecule has 0 aromatic carbocycles. The highest BCUT2D eigenvalue weighted by molar-refractivity contribution is 7.78. The van der Waals surface area contributed by atoms with Crippen molar-refractivity contribution in [1.29, 1.82) is 0 Å². The van der Waals surface area contributed by atoms with Crippen molar-refractivity contribution in [1.82, 2.24) is 0 Å². The van der Waals surface area contributed by atoms with Gasteiger partial charge < -0.3 is 14.9 Å². The van der Waals surface area contributed by atoms with Crippen LogP contribution >= 0.6 is 36.7 Å². The van der Waals surface area contributed by atoms with Crippen molar-refractivity contribution in [3.05, 3.63) is 0 Å². The van der Waals surface area contributed by atoms with E-state index in [0.29, 0.717) is 11.1 Å². The van der Waals surface area contributed by atoms with Gasteiger partial charge >= 0.3 is 0 Å². The molecule has 0 aliphatic rings. The summed E-state index contributed by atoms with van der Waals surface area (Å²) in [6, 6.07) is 0. The Labute approximate surface area is 88.4 Å². The molecule has 0 aromatic heterocycles. The minimum atomic E-state index is 0.583. The van der Waals surface area contributed by atoms with E-state index in [1.54, 1.807) is 0 Å². The lowest BCUT2D eigenvalue weighted by molar-refractivity contribution is 0.327. The van der Waals surface area contributed by atoms with Crippen molar-refractivity contribution >= 4 is 53.3 Å². The molecule has 0 atom stereocenters. The van der Waals surface area contributed by atoms with E-state index in [1.807, 2.05) is 6.92 Å². The third-order valence-corrected chi connectivity index (χ3v) is 0.526. The smallest absolute Gasteiger partial charge is 0.146 e. The van der Waals surface area contributed by atoms with E-state index >= 15 is 0 Å². The molecule has 72 valence electrons. The Hall–Kier alpha value is -0.330. The molecular weight excluding hydrogens is 216 g/mol. The molecule has 0 spiro atoms. The number of hydrogen-bond donors (Lipinski definition) is 2. The number of ether oxygens (including phenoxy) is 1. The lowest BCUT2D eigenvalue weighted by Crippen LogP contribution is -1.84. The highest BCUT2D eigenvalue weighted by Gasteiger charge is 1.69. The Morgan fingerprint density at radius 1 is 1.17 bits per heavy atom. The van der Waals surface area contributed by atoms with Crippen molar-refractivity contribution in [2.45, 2.75) is 13.3 Å². The fourth-order valence-corrected chi connectivity index (χ4v) is 0.262. The zero-order chi connectivity index (χ0) is 10.2. The van der Waals surface area contributed by atoms with Gasteiger partial charge in [0, 0.05) is 0 Å². The van der Waals surface area contributed by atoms with Gasteiger partial charge in [-0.25, -0.2) is 0 Å². The lowest BCUT2D eigenvalue weighted by Gasteiger charge is -1.88. The van der Waals surface area contributed by atoms with Gasteiger partial charge in [-0.05, 0) is 43.1 Å². The first kappa shape index (κ1) is 17.7. The number of rotatable bonds is 3. The molecule has 0 aromatic rings. The van der Waals surface area contributed by atoms with E-state index in [2.05, 4.69) is 41.4 Å². The van der Waals surface area contributed by atoms with Crippen LogP contribution in [0.3, 0.4) is 0 Å². The van der Waals surface area contributed by atoms with Crippen LogP contribution in [-0.2, 0) is 4.74 Å². The molecule has 0 radical (unpaired) electrons. The highest BCUT2D eigenvalue weighted by Crippen LogP contribution is 1.73. The van der Waals surface area contributed by atoms with Gasteiger partial charge in [-0.15, -0.1) is 0 Å². The van der Waals surface area contributed by atoms with Crippen LogP contribution in [0, 0.1) is 0 Å². The molecule has 12 heavy (non-hydrogen) atoms. The third kappa shape index (κ3) is 102. The molecule has 2 N–H and O–H groups in total. The summed E-state index contributed by atoms with van der Waals surface area (Å²) < 4.78 is 4.67. The summed E-state index contributed by atoms with van der Waals surface area (Å²) in [4.78, 5) is 0. The largest absolute Gasteiger partial charge is 0.504 e. The number of thiocarbonyl (C=S) groups is 3. The Morgan fingerprint density at radius 2 is 1.50 bits per heavy atom. The average molecular weight is 228 g/mol. The average Bonchev–Trinajstić information content (AvgIpc) is 2.04. The predicted molar refractivity (Wildman–Crippen MR) is 62.5 cm³/mol. The van der Waals surface area contributed by atoms with Crippen LogP contribution < -0.4 is 0 Å². The van der Waals surface area contributed by atoms with Gasteiger partial charge in [0.15, 0.2) is 0 Å². The van der Waals surface area contributed by atoms with Crippen molar-refractivity contribution in [2.24, 2.45) is 0 Å². The maximum absolute atomic E-state index is 7.26. The summed E-state index contributed by atoms with van der Waals surface area (Å²) in [7, 11) is 0. The van der Waals surface area contributed by atoms with Gasteiger partial charge in [-0.2, -0.15) is 0 Å². The van der Waals surface area contributed by atoms with E-state index in [1.165, 1.54) is 5.55 Å². The Balaban J connectivity index is -0.000000115. The van der Waals surface area contributed by atoms with Gasteiger partial charge in [0.1, 0.15) is 16.7 Å². The summed E-state index contributed by atoms with van der Waals surface area (Å²) >= 11 is 12.0. The molecule has 0 aliphatic carbocycles. The summed E-state index contributed by atoms with van der Waals surface area (Å²) in [5.74, 6) is 0. The minimum absolute atomic E-state index is 0.583. The second-order valence-corrected chi connectivity index (χ2v) is 1.79. The van der Waals surface area contributed by atoms with E-state index in [0.717, 1.165) is 13.0 Å². The van der Waals surface area contributed by atoms with Crippen molar-refractivity contribution in [3.63, 3.8) is 0 Å². The van der Waals surface area contributed by atoms with Crippen molar-refractivity contribution in [2.75, 3.05) is 6.61 Å². The van der Waals surface area contributed by atoms with E-state index in [-0.39, 0.29) is 0 Å². The normalized spacial score (nSPS) is 5.75. The van der Waals surface area contributed by atoms with Gasteiger partial charge in [0.25, 0.3) is 0 Å². The maximum Gasteiger partial charge on any atom is 0.146 e. The van der Waals surface area contributed by atoms with Crippen LogP contribution in [0.1, 0.15) is 13.3 Å². The molecule has 6 heteroatoms. The zero-order valence-electron chi connectivity index (χ0n) is 6.67. The first-order chi connectivity index (χ1) is 5.74. The van der Waals surface area contributed by atoms with Crippen LogP contribution in [0.4, 0.5) is 0 Å². The lowest BCUT2D eigenvalue weighted by atomic mass is 10.5. The number of aliphatic hydroxyl groups excluding tert-OH is 2. The summed E-state index contributed by atoms with van der Waals surface area (Å²) in [6.07, 6.45) is 1.03. The molecule has 0 heterocycles. The highest BCUT2D eigenvalue weighted by atomic mass is 32.1. The Bertz CT molecular complexity index is 92.0. The first-order valence-electron chi connectivity index (χ1n) is 2.95. The second kappa shape index (κ2) is 31.0. The first-order valence-corrected chi connectivity index (χ1v) is 4.37. The second-order valence-electron chi connectivity index (χ2n) is 1.18. The third-order valence-electron chi connectivity index (χ3n) is 0.390. The van der Waals surface area contributed by atoms with Gasteiger partial charge in [0.05, 0.1) is 6.61 Å². The number of aliphatic hydroxyl groups is 2. The SMILES string of the molecule is CCCOC=S.OC=S.OC=S. The maximum atomic E-state index is 7.26. The predicted octanol–water partition coefficient (Wildman–Crippen LogP) is 2.37. The Kier molecular flexibility index (Phi) is 45.7. The molecule has 0 saturated heterocycles. The molecule has 0 bridgehead atoms. The fraction of sp³-hybridized carbons (Fsp3) is 0.500. The molecule has 0 amide bonds. The van der Waals surface area contributed by atoms with Crippen molar-refractivity contribution < 1.29 is 14.9 Å². The Morgan fingerprint density at radius 3 is 1.58 bits per heavy atom. The molecule has 0 unspecified atom stereocenters. The van der Waals surface area contributed by atoms with Crippen molar-refractivity contribution in [3.8, 4) is 0 Å². The zero-order valence-corrected chi connectivity index (χ0v) is 9.12. The molecule has 0 rings (SSSR count). The van der Waals surface area contributed by atoms with E-state index in [9.17, 15) is 0 Å². The van der Waals surface area contributed by atoms with Crippen LogP contribution in [0.25, 0.3) is 0 Å². The van der Waals surface area contributed by atoms with Crippen LogP contribution in [0.5, 0.6) is 0 Å². The topological polar surface area (TPSA) is 49.7 Å². The van der Waals surface area contributed by atoms with Gasteiger partial charge in [-0.3, -0.25) is 0 Å². The summed E-state index contributed by atoms with van der Waals surface area (Å²) in [6.45, 7) is 2.79. The summed E-state index contributed by atoms with van der Waals surface area (Å²) in [5, 5.41) is 14.5. The van der Waals surface area contributed by atoms with Gasteiger partial charge in [-0.1, -0.05) is 6.92 Å². The van der Waals surface area contributed by atoms with E-state index < -0.39 is 0 Å². The van der Waals surface area contributed by atoms with Crippen LogP contribution in [0.15, 0.2) is 0 Å². The van der Waals surface area contributed by atoms with Crippen LogP contribution in [-0.4, -0.2) is 33.5 Å². The molecular formula is C6H12O3S3. The molecule has 0 fully saturated rings. The minimum Gasteiger partial charge on any atom is -0.504 e.